The van der Waals surface area contributed by atoms with Gasteiger partial charge in [-0.1, -0.05) is 44.2 Å². The van der Waals surface area contributed by atoms with Crippen molar-refractivity contribution in [1.29, 1.82) is 0 Å². The first-order valence-electron chi connectivity index (χ1n) is 9.29. The van der Waals surface area contributed by atoms with Crippen LogP contribution in [0.2, 0.25) is 0 Å². The predicted molar refractivity (Wildman–Crippen MR) is 99.5 cm³/mol. The normalized spacial score (nSPS) is 29.5. The lowest BCUT2D eigenvalue weighted by Gasteiger charge is -2.19. The second kappa shape index (κ2) is 7.64. The number of aliphatic hydroxyl groups is 2. The number of hydrogen-bond donors (Lipinski definition) is 2. The predicted octanol–water partition coefficient (Wildman–Crippen LogP) is 3.44. The van der Waals surface area contributed by atoms with Crippen molar-refractivity contribution in [3.8, 4) is 17.6 Å². The average Bonchev–Trinajstić information content (AvgIpc) is 3.12. The fraction of sp³-hybridized carbons (Fsp3) is 0.545. The minimum atomic E-state index is -0.545. The summed E-state index contributed by atoms with van der Waals surface area (Å²) in [4.78, 5) is 0. The lowest BCUT2D eigenvalue weighted by atomic mass is 9.86. The molecule has 0 amide bonds. The third kappa shape index (κ3) is 3.47. The van der Waals surface area contributed by atoms with Gasteiger partial charge in [-0.25, -0.2) is 0 Å². The van der Waals surface area contributed by atoms with Gasteiger partial charge in [0.15, 0.2) is 0 Å². The topological polar surface area (TPSA) is 49.7 Å². The summed E-state index contributed by atoms with van der Waals surface area (Å²) in [5, 5.41) is 20.8. The maximum atomic E-state index is 10.5. The molecule has 6 atom stereocenters. The van der Waals surface area contributed by atoms with E-state index in [9.17, 15) is 10.2 Å². The highest BCUT2D eigenvalue weighted by atomic mass is 16.5. The van der Waals surface area contributed by atoms with Gasteiger partial charge in [-0.2, -0.15) is 0 Å². The maximum Gasteiger partial charge on any atom is 0.126 e. The Morgan fingerprint density at radius 2 is 2.20 bits per heavy atom. The van der Waals surface area contributed by atoms with Crippen molar-refractivity contribution < 1.29 is 14.9 Å². The molecular weight excluding hydrogens is 312 g/mol. The van der Waals surface area contributed by atoms with Gasteiger partial charge in [0.05, 0.1) is 12.2 Å². The van der Waals surface area contributed by atoms with Crippen molar-refractivity contribution in [2.75, 3.05) is 0 Å². The van der Waals surface area contributed by atoms with Gasteiger partial charge in [-0.3, -0.25) is 0 Å². The number of aliphatic hydroxyl groups excluding tert-OH is 2. The first kappa shape index (κ1) is 18.0. The van der Waals surface area contributed by atoms with E-state index in [1.54, 1.807) is 0 Å². The van der Waals surface area contributed by atoms with Crippen molar-refractivity contribution in [3.63, 3.8) is 0 Å². The smallest absolute Gasteiger partial charge is 0.126 e. The summed E-state index contributed by atoms with van der Waals surface area (Å²) in [5.41, 5.74) is 2.44. The molecule has 1 aliphatic carbocycles. The van der Waals surface area contributed by atoms with Crippen LogP contribution in [0.15, 0.2) is 30.4 Å². The highest BCUT2D eigenvalue weighted by Gasteiger charge is 2.48. The third-order valence-corrected chi connectivity index (χ3v) is 5.58. The van der Waals surface area contributed by atoms with Gasteiger partial charge < -0.3 is 14.9 Å². The van der Waals surface area contributed by atoms with Gasteiger partial charge in [0.25, 0.3) is 0 Å². The van der Waals surface area contributed by atoms with Crippen LogP contribution in [0.4, 0.5) is 0 Å². The summed E-state index contributed by atoms with van der Waals surface area (Å²) in [6.07, 6.45) is 5.15. The van der Waals surface area contributed by atoms with Gasteiger partial charge in [0, 0.05) is 30.2 Å². The first-order valence-corrected chi connectivity index (χ1v) is 9.29. The standard InChI is InChI=1S/C22H28O3/c1-4-6-8-14(3)18(23)12-11-16-19(24)13-20-21(16)17-10-7-9-15(5-2)22(17)25-20/h7,9-12,14,16,18-21,23-24H,5,8,13H2,1-3H3/t14-,16+,18+,19-,20+,21+/m0/s1. The molecule has 1 aliphatic heterocycles. The zero-order valence-electron chi connectivity index (χ0n) is 15.3. The van der Waals surface area contributed by atoms with E-state index in [1.807, 2.05) is 26.0 Å². The van der Waals surface area contributed by atoms with Crippen LogP contribution in [-0.4, -0.2) is 28.5 Å². The fourth-order valence-corrected chi connectivity index (χ4v) is 4.06. The molecule has 1 saturated carbocycles. The molecule has 1 heterocycles. The Labute approximate surface area is 150 Å². The number of benzene rings is 1. The highest BCUT2D eigenvalue weighted by molar-refractivity contribution is 5.49. The van der Waals surface area contributed by atoms with Crippen molar-refractivity contribution in [2.45, 2.75) is 64.3 Å². The molecule has 2 N–H and O–H groups in total. The van der Waals surface area contributed by atoms with Gasteiger partial charge in [0.2, 0.25) is 0 Å². The zero-order valence-corrected chi connectivity index (χ0v) is 15.3. The molecule has 25 heavy (non-hydrogen) atoms. The third-order valence-electron chi connectivity index (χ3n) is 5.58. The molecule has 134 valence electrons. The molecule has 0 unspecified atom stereocenters. The summed E-state index contributed by atoms with van der Waals surface area (Å²) >= 11 is 0. The molecule has 1 aromatic carbocycles. The molecular formula is C22H28O3. The van der Waals surface area contributed by atoms with Crippen LogP contribution in [0, 0.1) is 23.7 Å². The second-order valence-corrected chi connectivity index (χ2v) is 7.24. The van der Waals surface area contributed by atoms with Gasteiger partial charge in [-0.05, 0) is 24.8 Å². The van der Waals surface area contributed by atoms with Crippen LogP contribution in [0.5, 0.6) is 5.75 Å². The number of para-hydroxylation sites is 1. The number of aryl methyl sites for hydroxylation is 1. The molecule has 0 spiro atoms. The van der Waals surface area contributed by atoms with E-state index < -0.39 is 12.2 Å². The van der Waals surface area contributed by atoms with E-state index in [0.29, 0.717) is 12.8 Å². The van der Waals surface area contributed by atoms with Crippen LogP contribution in [0.25, 0.3) is 0 Å². The molecule has 1 aromatic rings. The minimum absolute atomic E-state index is 0.0162. The van der Waals surface area contributed by atoms with Crippen molar-refractivity contribution in [3.05, 3.63) is 41.5 Å². The lowest BCUT2D eigenvalue weighted by molar-refractivity contribution is 0.134. The van der Waals surface area contributed by atoms with Crippen molar-refractivity contribution in [2.24, 2.45) is 11.8 Å². The Bertz CT molecular complexity index is 697. The lowest BCUT2D eigenvalue weighted by Crippen LogP contribution is -2.19. The van der Waals surface area contributed by atoms with Crippen LogP contribution in [0.3, 0.4) is 0 Å². The Morgan fingerprint density at radius 3 is 2.92 bits per heavy atom. The number of fused-ring (bicyclic) bond motifs is 3. The van der Waals surface area contributed by atoms with E-state index >= 15 is 0 Å². The Morgan fingerprint density at radius 1 is 1.40 bits per heavy atom. The molecule has 0 aromatic heterocycles. The monoisotopic (exact) mass is 340 g/mol. The molecule has 1 fully saturated rings. The fourth-order valence-electron chi connectivity index (χ4n) is 4.06. The number of ether oxygens (including phenoxy) is 1. The quantitative estimate of drug-likeness (QED) is 0.638. The van der Waals surface area contributed by atoms with Crippen LogP contribution in [-0.2, 0) is 6.42 Å². The summed E-state index contributed by atoms with van der Waals surface area (Å²) < 4.78 is 6.19. The zero-order chi connectivity index (χ0) is 18.0. The average molecular weight is 340 g/mol. The van der Waals surface area contributed by atoms with Gasteiger partial charge >= 0.3 is 0 Å². The Kier molecular flexibility index (Phi) is 5.51. The van der Waals surface area contributed by atoms with Crippen molar-refractivity contribution >= 4 is 0 Å². The molecule has 0 bridgehead atoms. The molecule has 2 aliphatic rings. The van der Waals surface area contributed by atoms with Crippen LogP contribution in [0.1, 0.15) is 50.7 Å². The molecule has 0 radical (unpaired) electrons. The number of hydrogen-bond acceptors (Lipinski definition) is 3. The molecule has 3 nitrogen and oxygen atoms in total. The second-order valence-electron chi connectivity index (χ2n) is 7.24. The van der Waals surface area contributed by atoms with E-state index in [-0.39, 0.29) is 23.9 Å². The largest absolute Gasteiger partial charge is 0.489 e. The summed E-state index contributed by atoms with van der Waals surface area (Å²) in [7, 11) is 0. The van der Waals surface area contributed by atoms with Gasteiger partial charge in [0.1, 0.15) is 11.9 Å². The summed E-state index contributed by atoms with van der Waals surface area (Å²) in [6, 6.07) is 6.31. The summed E-state index contributed by atoms with van der Waals surface area (Å²) in [6.45, 7) is 5.94. The maximum absolute atomic E-state index is 10.5. The van der Waals surface area contributed by atoms with Crippen molar-refractivity contribution in [1.82, 2.24) is 0 Å². The SMILES string of the molecule is CC#CC[C@H](C)[C@H](O)C=C[C@H]1[C@@H]2c3cccc(CC)c3O[C@@H]2C[C@@H]1O. The van der Waals surface area contributed by atoms with Gasteiger partial charge in [-0.15, -0.1) is 11.8 Å². The number of rotatable bonds is 5. The highest BCUT2D eigenvalue weighted by Crippen LogP contribution is 2.51. The van der Waals surface area contributed by atoms with Crippen LogP contribution < -0.4 is 4.74 Å². The molecule has 0 saturated heterocycles. The van der Waals surface area contributed by atoms with E-state index in [2.05, 4.69) is 37.0 Å². The summed E-state index contributed by atoms with van der Waals surface area (Å²) in [5.74, 6) is 7.13. The molecule has 3 rings (SSSR count). The van der Waals surface area contributed by atoms with Crippen LogP contribution >= 0.6 is 0 Å². The molecule has 3 heteroatoms. The van der Waals surface area contributed by atoms with E-state index in [0.717, 1.165) is 12.2 Å². The van der Waals surface area contributed by atoms with E-state index in [1.165, 1.54) is 11.1 Å². The first-order chi connectivity index (χ1) is 12.1. The Hall–Kier alpha value is -1.76. The van der Waals surface area contributed by atoms with E-state index in [4.69, 9.17) is 4.74 Å². The Balaban J connectivity index is 1.79. The minimum Gasteiger partial charge on any atom is -0.489 e.